The number of hydrogen-bond acceptors (Lipinski definition) is 9. The molecule has 1 amide bonds. The summed E-state index contributed by atoms with van der Waals surface area (Å²) in [5.74, 6) is -2.07. The molecule has 0 fully saturated rings. The van der Waals surface area contributed by atoms with E-state index in [9.17, 15) is 23.2 Å². The lowest BCUT2D eigenvalue weighted by molar-refractivity contribution is -0.134. The predicted molar refractivity (Wildman–Crippen MR) is 178 cm³/mol. The molecule has 0 saturated carbocycles. The highest BCUT2D eigenvalue weighted by Gasteiger charge is 2.25. The topological polar surface area (TPSA) is 130 Å². The average molecular weight is 671 g/mol. The summed E-state index contributed by atoms with van der Waals surface area (Å²) >= 11 is 0. The van der Waals surface area contributed by atoms with Gasteiger partial charge in [0.2, 0.25) is 0 Å². The van der Waals surface area contributed by atoms with Gasteiger partial charge in [0.15, 0.2) is 5.65 Å². The lowest BCUT2D eigenvalue weighted by Gasteiger charge is -2.19. The Morgan fingerprint density at radius 2 is 1.69 bits per heavy atom. The van der Waals surface area contributed by atoms with Gasteiger partial charge in [-0.05, 0) is 41.5 Å². The van der Waals surface area contributed by atoms with Crippen molar-refractivity contribution >= 4 is 34.7 Å². The van der Waals surface area contributed by atoms with Gasteiger partial charge in [-0.3, -0.25) is 9.59 Å². The number of methoxy groups -OCH3 is 3. The van der Waals surface area contributed by atoms with Crippen LogP contribution >= 0.6 is 0 Å². The van der Waals surface area contributed by atoms with Crippen molar-refractivity contribution in [2.75, 3.05) is 26.6 Å². The number of carbonyl (C=O) groups is 2. The zero-order valence-corrected chi connectivity index (χ0v) is 26.8. The molecule has 2 aromatic heterocycles. The number of anilines is 1. The molecular formula is C36H32F2N4O7. The van der Waals surface area contributed by atoms with Crippen LogP contribution in [-0.4, -0.2) is 42.9 Å². The first-order valence-electron chi connectivity index (χ1n) is 14.9. The van der Waals surface area contributed by atoms with Crippen LogP contribution < -0.4 is 30.5 Å². The number of fused-ring (bicyclic) bond motifs is 1. The van der Waals surface area contributed by atoms with E-state index in [0.717, 1.165) is 16.4 Å². The molecule has 2 heterocycles. The van der Waals surface area contributed by atoms with E-state index in [-0.39, 0.29) is 47.5 Å². The zero-order chi connectivity index (χ0) is 34.9. The largest absolute Gasteiger partial charge is 0.497 e. The second kappa shape index (κ2) is 15.6. The highest BCUT2D eigenvalue weighted by Crippen LogP contribution is 2.29. The molecule has 13 heteroatoms. The third kappa shape index (κ3) is 8.01. The van der Waals surface area contributed by atoms with Gasteiger partial charge in [-0.2, -0.15) is 0 Å². The molecule has 0 unspecified atom stereocenters. The number of rotatable bonds is 13. The standard InChI is InChI=1S/C36H32F2N4O7/c1-46-27-13-11-25(30(17-27)47-2)20-39-33-28-15-23(9-14-31(43)48-3)18-40-34(28)42(49-21-22-7-5-4-6-8-22)36(45)32(33)35(44)41-19-24-10-12-26(37)16-29(24)38/h4-18,39H,19-21H2,1-3H3,(H,41,44). The minimum Gasteiger partial charge on any atom is -0.497 e. The van der Waals surface area contributed by atoms with E-state index in [0.29, 0.717) is 28.7 Å². The van der Waals surface area contributed by atoms with Gasteiger partial charge in [-0.1, -0.05) is 36.4 Å². The van der Waals surface area contributed by atoms with Gasteiger partial charge < -0.3 is 29.7 Å². The first-order valence-corrected chi connectivity index (χ1v) is 14.9. The summed E-state index contributed by atoms with van der Waals surface area (Å²) in [5, 5.41) is 6.05. The number of aromatic nitrogens is 2. The monoisotopic (exact) mass is 670 g/mol. The number of nitrogens with one attached hydrogen (secondary N) is 2. The number of pyridine rings is 2. The maximum atomic E-state index is 14.5. The Bertz CT molecular complexity index is 2080. The van der Waals surface area contributed by atoms with Crippen LogP contribution in [0.25, 0.3) is 17.1 Å². The van der Waals surface area contributed by atoms with Crippen molar-refractivity contribution in [1.82, 2.24) is 15.0 Å². The van der Waals surface area contributed by atoms with E-state index < -0.39 is 29.1 Å². The Labute approximate surface area is 279 Å². The van der Waals surface area contributed by atoms with Crippen LogP contribution in [0.15, 0.2) is 89.9 Å². The molecule has 0 bridgehead atoms. The van der Waals surface area contributed by atoms with Crippen molar-refractivity contribution in [3.05, 3.63) is 135 Å². The Morgan fingerprint density at radius 3 is 2.41 bits per heavy atom. The fraction of sp³-hybridized carbons (Fsp3) is 0.167. The van der Waals surface area contributed by atoms with Crippen molar-refractivity contribution in [2.24, 2.45) is 0 Å². The summed E-state index contributed by atoms with van der Waals surface area (Å²) in [6.45, 7) is -0.315. The maximum Gasteiger partial charge on any atom is 0.330 e. The Hall–Kier alpha value is -6.24. The van der Waals surface area contributed by atoms with Crippen molar-refractivity contribution in [3.63, 3.8) is 0 Å². The molecule has 5 rings (SSSR count). The number of benzene rings is 3. The second-order valence-corrected chi connectivity index (χ2v) is 10.6. The number of esters is 1. The normalized spacial score (nSPS) is 11.0. The molecule has 0 saturated heterocycles. The number of carbonyl (C=O) groups excluding carboxylic acids is 2. The third-order valence-corrected chi connectivity index (χ3v) is 7.45. The summed E-state index contributed by atoms with van der Waals surface area (Å²) < 4.78 is 44.5. The number of amides is 1. The van der Waals surface area contributed by atoms with E-state index in [2.05, 4.69) is 15.6 Å². The second-order valence-electron chi connectivity index (χ2n) is 10.6. The molecule has 0 aliphatic heterocycles. The summed E-state index contributed by atoms with van der Waals surface area (Å²) in [6.07, 6.45) is 4.09. The molecule has 0 aliphatic carbocycles. The van der Waals surface area contributed by atoms with Gasteiger partial charge in [0.25, 0.3) is 11.5 Å². The predicted octanol–water partition coefficient (Wildman–Crippen LogP) is 5.05. The Balaban J connectivity index is 1.66. The molecular weight excluding hydrogens is 638 g/mol. The van der Waals surface area contributed by atoms with Crippen LogP contribution in [0.2, 0.25) is 0 Å². The lowest BCUT2D eigenvalue weighted by Crippen LogP contribution is -2.37. The van der Waals surface area contributed by atoms with Crippen LogP contribution in [0.5, 0.6) is 11.5 Å². The van der Waals surface area contributed by atoms with Crippen LogP contribution in [0.1, 0.15) is 32.6 Å². The van der Waals surface area contributed by atoms with E-state index in [1.54, 1.807) is 36.4 Å². The minimum absolute atomic E-state index is 0.00516. The fourth-order valence-electron chi connectivity index (χ4n) is 4.92. The molecule has 3 aromatic carbocycles. The van der Waals surface area contributed by atoms with Crippen LogP contribution in [0.4, 0.5) is 14.5 Å². The van der Waals surface area contributed by atoms with Gasteiger partial charge in [-0.15, -0.1) is 4.73 Å². The van der Waals surface area contributed by atoms with Gasteiger partial charge in [0, 0.05) is 54.0 Å². The maximum absolute atomic E-state index is 14.5. The SMILES string of the molecule is COC(=O)C=Cc1cnc2c(c1)c(NCc1ccc(OC)cc1OC)c(C(=O)NCc1ccc(F)cc1F)c(=O)n2OCc1ccccc1. The molecule has 252 valence electrons. The fourth-order valence-corrected chi connectivity index (χ4v) is 4.92. The van der Waals surface area contributed by atoms with Crippen molar-refractivity contribution in [3.8, 4) is 11.5 Å². The summed E-state index contributed by atoms with van der Waals surface area (Å²) in [4.78, 5) is 50.4. The van der Waals surface area contributed by atoms with E-state index in [1.165, 1.54) is 45.7 Å². The molecule has 0 atom stereocenters. The average Bonchev–Trinajstić information content (AvgIpc) is 3.12. The third-order valence-electron chi connectivity index (χ3n) is 7.45. The van der Waals surface area contributed by atoms with Gasteiger partial charge in [0.1, 0.15) is 35.3 Å². The summed E-state index contributed by atoms with van der Waals surface area (Å²) in [7, 11) is 4.26. The first kappa shape index (κ1) is 34.1. The molecule has 49 heavy (non-hydrogen) atoms. The number of ether oxygens (including phenoxy) is 3. The summed E-state index contributed by atoms with van der Waals surface area (Å²) in [5.41, 5.74) is 0.780. The molecule has 0 spiro atoms. The van der Waals surface area contributed by atoms with Gasteiger partial charge in [0.05, 0.1) is 27.0 Å². The molecule has 11 nitrogen and oxygen atoms in total. The van der Waals surface area contributed by atoms with Gasteiger partial charge in [-0.25, -0.2) is 18.6 Å². The van der Waals surface area contributed by atoms with Crippen LogP contribution in [0, 0.1) is 11.6 Å². The Kier molecular flexibility index (Phi) is 10.8. The molecule has 0 aliphatic rings. The highest BCUT2D eigenvalue weighted by atomic mass is 19.1. The Morgan fingerprint density at radius 1 is 0.918 bits per heavy atom. The van der Waals surface area contributed by atoms with Crippen molar-refractivity contribution in [1.29, 1.82) is 0 Å². The highest BCUT2D eigenvalue weighted by molar-refractivity contribution is 6.07. The quantitative estimate of drug-likeness (QED) is 0.131. The summed E-state index contributed by atoms with van der Waals surface area (Å²) in [6, 6.07) is 18.8. The van der Waals surface area contributed by atoms with Crippen LogP contribution in [-0.2, 0) is 29.2 Å². The molecule has 2 N–H and O–H groups in total. The molecule has 5 aromatic rings. The lowest BCUT2D eigenvalue weighted by atomic mass is 10.1. The van der Waals surface area contributed by atoms with E-state index >= 15 is 0 Å². The van der Waals surface area contributed by atoms with E-state index in [4.69, 9.17) is 19.0 Å². The first-order chi connectivity index (χ1) is 23.7. The zero-order valence-electron chi connectivity index (χ0n) is 26.8. The van der Waals surface area contributed by atoms with Gasteiger partial charge >= 0.3 is 5.97 Å². The van der Waals surface area contributed by atoms with E-state index in [1.807, 2.05) is 18.2 Å². The smallest absolute Gasteiger partial charge is 0.330 e. The number of hydrogen-bond donors (Lipinski definition) is 2. The van der Waals surface area contributed by atoms with Crippen molar-refractivity contribution in [2.45, 2.75) is 19.7 Å². The number of nitrogens with zero attached hydrogens (tertiary/aromatic N) is 2. The molecule has 0 radical (unpaired) electrons. The minimum atomic E-state index is -0.868. The van der Waals surface area contributed by atoms with Crippen LogP contribution in [0.3, 0.4) is 0 Å². The van der Waals surface area contributed by atoms with Crippen molar-refractivity contribution < 1.29 is 37.4 Å². The number of halogens is 2.